The summed E-state index contributed by atoms with van der Waals surface area (Å²) in [5, 5.41) is 9.47. The molecule has 22 heavy (non-hydrogen) atoms. The first-order valence-electron chi connectivity index (χ1n) is 6.42. The Hall–Kier alpha value is -2.50. The third kappa shape index (κ3) is 3.39. The van der Waals surface area contributed by atoms with Crippen LogP contribution in [0.4, 0.5) is 13.2 Å². The van der Waals surface area contributed by atoms with Crippen LogP contribution in [0.3, 0.4) is 0 Å². The number of hydrogen-bond acceptors (Lipinski definition) is 2. The summed E-state index contributed by atoms with van der Waals surface area (Å²) in [6, 6.07) is 9.05. The van der Waals surface area contributed by atoms with Crippen LogP contribution >= 0.6 is 0 Å². The molecule has 0 aliphatic carbocycles. The first-order chi connectivity index (χ1) is 10.2. The van der Waals surface area contributed by atoms with Gasteiger partial charge in [-0.05, 0) is 41.5 Å². The minimum absolute atomic E-state index is 0.196. The Labute approximate surface area is 125 Å². The van der Waals surface area contributed by atoms with Gasteiger partial charge in [0, 0.05) is 19.7 Å². The molecule has 0 bridgehead atoms. The van der Waals surface area contributed by atoms with Gasteiger partial charge < -0.3 is 10.0 Å². The summed E-state index contributed by atoms with van der Waals surface area (Å²) in [6.07, 6.45) is -4.53. The molecule has 0 radical (unpaired) electrons. The van der Waals surface area contributed by atoms with Gasteiger partial charge in [-0.15, -0.1) is 0 Å². The summed E-state index contributed by atoms with van der Waals surface area (Å²) in [5.74, 6) is -0.656. The highest BCUT2D eigenvalue weighted by atomic mass is 19.4. The van der Waals surface area contributed by atoms with Crippen molar-refractivity contribution >= 4 is 5.91 Å². The highest BCUT2D eigenvalue weighted by Crippen LogP contribution is 2.35. The molecule has 0 aliphatic heterocycles. The molecule has 1 N–H and O–H groups in total. The van der Waals surface area contributed by atoms with Gasteiger partial charge in [-0.3, -0.25) is 4.79 Å². The molecule has 3 nitrogen and oxygen atoms in total. The summed E-state index contributed by atoms with van der Waals surface area (Å²) >= 11 is 0. The van der Waals surface area contributed by atoms with E-state index in [1.165, 1.54) is 23.1 Å². The first-order valence-corrected chi connectivity index (χ1v) is 6.42. The Bertz CT molecular complexity index is 692. The predicted octanol–water partition coefficient (Wildman–Crippen LogP) is 3.78. The molecule has 2 rings (SSSR count). The van der Waals surface area contributed by atoms with E-state index in [0.29, 0.717) is 17.2 Å². The van der Waals surface area contributed by atoms with Crippen LogP contribution in [0.5, 0.6) is 5.75 Å². The van der Waals surface area contributed by atoms with Crippen molar-refractivity contribution in [1.29, 1.82) is 0 Å². The second-order valence-corrected chi connectivity index (χ2v) is 5.04. The number of hydrogen-bond donors (Lipinski definition) is 1. The number of carbonyl (C=O) groups is 1. The molecule has 116 valence electrons. The molecule has 6 heteroatoms. The largest absolute Gasteiger partial charge is 0.508 e. The molecule has 0 heterocycles. The monoisotopic (exact) mass is 309 g/mol. The van der Waals surface area contributed by atoms with Crippen molar-refractivity contribution in [1.82, 2.24) is 4.90 Å². The Balaban J connectivity index is 2.40. The highest BCUT2D eigenvalue weighted by Gasteiger charge is 2.31. The molecule has 0 fully saturated rings. The summed E-state index contributed by atoms with van der Waals surface area (Å²) in [4.78, 5) is 13.2. The van der Waals surface area contributed by atoms with Gasteiger partial charge in [-0.2, -0.15) is 13.2 Å². The van der Waals surface area contributed by atoms with E-state index in [2.05, 4.69) is 0 Å². The molecule has 0 unspecified atom stereocenters. The summed E-state index contributed by atoms with van der Waals surface area (Å²) in [5.41, 5.74) is 0.230. The van der Waals surface area contributed by atoms with Crippen LogP contribution in [0, 0.1) is 0 Å². The van der Waals surface area contributed by atoms with E-state index in [-0.39, 0.29) is 11.5 Å². The van der Waals surface area contributed by atoms with E-state index in [0.717, 1.165) is 6.07 Å². The molecule has 0 saturated carbocycles. The van der Waals surface area contributed by atoms with E-state index in [9.17, 15) is 23.1 Å². The number of alkyl halides is 3. The lowest BCUT2D eigenvalue weighted by molar-refractivity contribution is -0.137. The van der Waals surface area contributed by atoms with Crippen LogP contribution in [0.1, 0.15) is 15.9 Å². The lowest BCUT2D eigenvalue weighted by atomic mass is 10.0. The number of amides is 1. The van der Waals surface area contributed by atoms with Gasteiger partial charge in [0.1, 0.15) is 5.75 Å². The number of phenolic OH excluding ortho intramolecular Hbond substituents is 1. The fraction of sp³-hybridized carbons (Fsp3) is 0.188. The average molecular weight is 309 g/mol. The van der Waals surface area contributed by atoms with Crippen LogP contribution in [0.2, 0.25) is 0 Å². The Morgan fingerprint density at radius 3 is 2.09 bits per heavy atom. The molecular formula is C16H14F3NO2. The number of carbonyl (C=O) groups excluding carboxylic acids is 1. The maximum atomic E-state index is 12.8. The highest BCUT2D eigenvalue weighted by molar-refractivity contribution is 5.94. The summed E-state index contributed by atoms with van der Waals surface area (Å²) in [6.45, 7) is 0. The molecule has 2 aromatic rings. The smallest absolute Gasteiger partial charge is 0.416 e. The van der Waals surface area contributed by atoms with Gasteiger partial charge in [0.2, 0.25) is 0 Å². The van der Waals surface area contributed by atoms with Crippen LogP contribution in [0.25, 0.3) is 11.1 Å². The Kier molecular flexibility index (Phi) is 4.12. The predicted molar refractivity (Wildman–Crippen MR) is 76.6 cm³/mol. The first kappa shape index (κ1) is 15.9. The number of nitrogens with zero attached hydrogens (tertiary/aromatic N) is 1. The molecule has 1 amide bonds. The Morgan fingerprint density at radius 1 is 1.00 bits per heavy atom. The van der Waals surface area contributed by atoms with Crippen molar-refractivity contribution in [3.63, 3.8) is 0 Å². The van der Waals surface area contributed by atoms with Crippen molar-refractivity contribution < 1.29 is 23.1 Å². The van der Waals surface area contributed by atoms with E-state index in [1.54, 1.807) is 26.2 Å². The van der Waals surface area contributed by atoms with Crippen LogP contribution in [-0.4, -0.2) is 30.0 Å². The number of halogens is 3. The second kappa shape index (κ2) is 5.71. The number of phenols is 1. The van der Waals surface area contributed by atoms with Gasteiger partial charge in [0.15, 0.2) is 0 Å². The van der Waals surface area contributed by atoms with E-state index >= 15 is 0 Å². The van der Waals surface area contributed by atoms with Gasteiger partial charge in [0.25, 0.3) is 5.91 Å². The topological polar surface area (TPSA) is 40.5 Å². The second-order valence-electron chi connectivity index (χ2n) is 5.04. The molecule has 0 atom stereocenters. The molecule has 2 aromatic carbocycles. The number of rotatable bonds is 2. The Morgan fingerprint density at radius 2 is 1.59 bits per heavy atom. The summed E-state index contributed by atoms with van der Waals surface area (Å²) < 4.78 is 38.3. The maximum Gasteiger partial charge on any atom is 0.416 e. The molecule has 0 aromatic heterocycles. The fourth-order valence-electron chi connectivity index (χ4n) is 2.00. The zero-order valence-corrected chi connectivity index (χ0v) is 12.0. The SMILES string of the molecule is CN(C)C(=O)c1ccc(-c2cc(O)cc(C(F)(F)F)c2)cc1. The van der Waals surface area contributed by atoms with Crippen LogP contribution < -0.4 is 0 Å². The lowest BCUT2D eigenvalue weighted by Gasteiger charge is -2.12. The van der Waals surface area contributed by atoms with Gasteiger partial charge in [0.05, 0.1) is 5.56 Å². The molecule has 0 aliphatic rings. The van der Waals surface area contributed by atoms with Crippen molar-refractivity contribution in [2.45, 2.75) is 6.18 Å². The van der Waals surface area contributed by atoms with E-state index in [4.69, 9.17) is 0 Å². The van der Waals surface area contributed by atoms with Crippen molar-refractivity contribution in [3.8, 4) is 16.9 Å². The van der Waals surface area contributed by atoms with Gasteiger partial charge in [-0.1, -0.05) is 12.1 Å². The maximum absolute atomic E-state index is 12.8. The fourth-order valence-corrected chi connectivity index (χ4v) is 2.00. The van der Waals surface area contributed by atoms with Crippen molar-refractivity contribution in [3.05, 3.63) is 53.6 Å². The molecule has 0 spiro atoms. The zero-order chi connectivity index (χ0) is 16.5. The average Bonchev–Trinajstić information content (AvgIpc) is 2.45. The minimum atomic E-state index is -4.53. The third-order valence-corrected chi connectivity index (χ3v) is 3.12. The van der Waals surface area contributed by atoms with E-state index < -0.39 is 17.5 Å². The summed E-state index contributed by atoms with van der Waals surface area (Å²) in [7, 11) is 3.22. The minimum Gasteiger partial charge on any atom is -0.508 e. The standard InChI is InChI=1S/C16H14F3NO2/c1-20(2)15(22)11-5-3-10(4-6-11)12-7-13(16(17,18)19)9-14(21)8-12/h3-9,21H,1-2H3. The number of benzene rings is 2. The number of aromatic hydroxyl groups is 1. The molecular weight excluding hydrogens is 295 g/mol. The molecule has 0 saturated heterocycles. The normalized spacial score (nSPS) is 11.3. The third-order valence-electron chi connectivity index (χ3n) is 3.12. The van der Waals surface area contributed by atoms with Crippen LogP contribution in [0.15, 0.2) is 42.5 Å². The lowest BCUT2D eigenvalue weighted by Crippen LogP contribution is -2.21. The van der Waals surface area contributed by atoms with Crippen LogP contribution in [-0.2, 0) is 6.18 Å². The van der Waals surface area contributed by atoms with E-state index in [1.807, 2.05) is 0 Å². The van der Waals surface area contributed by atoms with Gasteiger partial charge in [-0.25, -0.2) is 0 Å². The van der Waals surface area contributed by atoms with Crippen molar-refractivity contribution in [2.75, 3.05) is 14.1 Å². The quantitative estimate of drug-likeness (QED) is 0.917. The van der Waals surface area contributed by atoms with Crippen molar-refractivity contribution in [2.24, 2.45) is 0 Å². The zero-order valence-electron chi connectivity index (χ0n) is 12.0. The van der Waals surface area contributed by atoms with Gasteiger partial charge >= 0.3 is 6.18 Å².